The fourth-order valence-corrected chi connectivity index (χ4v) is 6.29. The molecule has 0 amide bonds. The highest BCUT2D eigenvalue weighted by Gasteiger charge is 2.38. The number of ether oxygens (including phenoxy) is 1. The van der Waals surface area contributed by atoms with E-state index in [9.17, 15) is 21.6 Å². The van der Waals surface area contributed by atoms with Crippen molar-refractivity contribution in [3.05, 3.63) is 59.5 Å². The van der Waals surface area contributed by atoms with Crippen molar-refractivity contribution >= 4 is 20.9 Å². The third-order valence-electron chi connectivity index (χ3n) is 6.75. The van der Waals surface area contributed by atoms with Crippen LogP contribution in [0, 0.1) is 11.2 Å². The SMILES string of the molecule is C[C@@H](NS(=O)(=O)C1CC1)c1cn(CC2(C)COC2)c2cc(-c3ccccc3C(F)(F)F)c(F)cc12. The minimum absolute atomic E-state index is 0.155. The van der Waals surface area contributed by atoms with Crippen LogP contribution in [0.25, 0.3) is 22.0 Å². The number of hydrogen-bond donors (Lipinski definition) is 1. The van der Waals surface area contributed by atoms with Gasteiger partial charge in [-0.2, -0.15) is 13.2 Å². The Kier molecular flexibility index (Phi) is 5.77. The van der Waals surface area contributed by atoms with E-state index in [2.05, 4.69) is 4.72 Å². The van der Waals surface area contributed by atoms with Gasteiger partial charge in [0.2, 0.25) is 10.0 Å². The third kappa shape index (κ3) is 4.59. The van der Waals surface area contributed by atoms with Gasteiger partial charge >= 0.3 is 6.18 Å². The molecule has 0 bridgehead atoms. The molecule has 5 nitrogen and oxygen atoms in total. The molecular weight excluding hydrogens is 484 g/mol. The van der Waals surface area contributed by atoms with E-state index in [1.165, 1.54) is 30.3 Å². The first-order valence-corrected chi connectivity index (χ1v) is 13.0. The molecule has 1 aromatic heterocycles. The third-order valence-corrected chi connectivity index (χ3v) is 8.78. The Morgan fingerprint density at radius 2 is 1.86 bits per heavy atom. The maximum Gasteiger partial charge on any atom is 0.417 e. The van der Waals surface area contributed by atoms with E-state index < -0.39 is 38.9 Å². The molecule has 2 heterocycles. The first-order valence-electron chi connectivity index (χ1n) is 11.5. The summed E-state index contributed by atoms with van der Waals surface area (Å²) in [7, 11) is -3.50. The van der Waals surface area contributed by atoms with Crippen molar-refractivity contribution in [1.82, 2.24) is 9.29 Å². The standard InChI is InChI=1S/C25H26F4N2O3S/c1-15(30-35(32,33)16-7-8-16)20-11-31(12-24(2)13-34-14-24)23-10-18(22(26)9-19(20)23)17-5-3-4-6-21(17)25(27,28)29/h3-6,9-11,15-16,30H,7-8,12-14H2,1-2H3/t15-/m1/s1. The van der Waals surface area contributed by atoms with Gasteiger partial charge < -0.3 is 9.30 Å². The van der Waals surface area contributed by atoms with E-state index in [-0.39, 0.29) is 16.5 Å². The normalized spacial score (nSPS) is 19.0. The molecule has 0 spiro atoms. The van der Waals surface area contributed by atoms with Crippen molar-refractivity contribution in [1.29, 1.82) is 0 Å². The van der Waals surface area contributed by atoms with Crippen LogP contribution >= 0.6 is 0 Å². The highest BCUT2D eigenvalue weighted by molar-refractivity contribution is 7.90. The van der Waals surface area contributed by atoms with Crippen molar-refractivity contribution in [3.63, 3.8) is 0 Å². The maximum absolute atomic E-state index is 15.4. The van der Waals surface area contributed by atoms with Crippen molar-refractivity contribution in [2.75, 3.05) is 13.2 Å². The lowest BCUT2D eigenvalue weighted by atomic mass is 9.88. The molecule has 1 aliphatic heterocycles. The van der Waals surface area contributed by atoms with Crippen molar-refractivity contribution in [3.8, 4) is 11.1 Å². The molecule has 2 aliphatic rings. The zero-order chi connectivity index (χ0) is 25.2. The van der Waals surface area contributed by atoms with Crippen LogP contribution in [0.1, 0.15) is 43.9 Å². The van der Waals surface area contributed by atoms with Crippen molar-refractivity contribution < 1.29 is 30.7 Å². The van der Waals surface area contributed by atoms with Gasteiger partial charge in [0, 0.05) is 40.7 Å². The summed E-state index contributed by atoms with van der Waals surface area (Å²) in [6, 6.07) is 6.92. The predicted octanol–water partition coefficient (Wildman–Crippen LogP) is 5.65. The van der Waals surface area contributed by atoms with Crippen molar-refractivity contribution in [2.24, 2.45) is 5.41 Å². The van der Waals surface area contributed by atoms with Gasteiger partial charge in [-0.05, 0) is 49.1 Å². The largest absolute Gasteiger partial charge is 0.417 e. The van der Waals surface area contributed by atoms with E-state index >= 15 is 4.39 Å². The van der Waals surface area contributed by atoms with Gasteiger partial charge in [0.05, 0.1) is 24.0 Å². The number of alkyl halides is 3. The van der Waals surface area contributed by atoms with Gasteiger partial charge in [0.15, 0.2) is 0 Å². The maximum atomic E-state index is 15.4. The van der Waals surface area contributed by atoms with Gasteiger partial charge in [0.25, 0.3) is 0 Å². The summed E-state index contributed by atoms with van der Waals surface area (Å²) < 4.78 is 91.3. The topological polar surface area (TPSA) is 60.3 Å². The first-order chi connectivity index (χ1) is 16.4. The van der Waals surface area contributed by atoms with Gasteiger partial charge in [-0.1, -0.05) is 25.1 Å². The Labute approximate surface area is 201 Å². The molecule has 1 aliphatic carbocycles. The lowest BCUT2D eigenvalue weighted by Crippen LogP contribution is -2.43. The van der Waals surface area contributed by atoms with Gasteiger partial charge in [-0.15, -0.1) is 0 Å². The average molecular weight is 511 g/mol. The Morgan fingerprint density at radius 1 is 1.17 bits per heavy atom. The zero-order valence-corrected chi connectivity index (χ0v) is 20.1. The van der Waals surface area contributed by atoms with Crippen molar-refractivity contribution in [2.45, 2.75) is 50.7 Å². The number of nitrogens with one attached hydrogen (secondary N) is 1. The van der Waals surface area contributed by atoms with Crippen LogP contribution in [0.5, 0.6) is 0 Å². The Bertz CT molecular complexity index is 1390. The lowest BCUT2D eigenvalue weighted by Gasteiger charge is -2.38. The number of halogens is 4. The second kappa shape index (κ2) is 8.31. The highest BCUT2D eigenvalue weighted by atomic mass is 32.2. The number of hydrogen-bond acceptors (Lipinski definition) is 3. The van der Waals surface area contributed by atoms with Gasteiger partial charge in [-0.25, -0.2) is 17.5 Å². The highest BCUT2D eigenvalue weighted by Crippen LogP contribution is 2.41. The average Bonchev–Trinajstić information content (AvgIpc) is 3.56. The quantitative estimate of drug-likeness (QED) is 0.418. The number of aromatic nitrogens is 1. The fraction of sp³-hybridized carbons (Fsp3) is 0.440. The van der Waals surface area contributed by atoms with Crippen LogP contribution in [0.3, 0.4) is 0 Å². The summed E-state index contributed by atoms with van der Waals surface area (Å²) in [6.07, 6.45) is -1.65. The van der Waals surface area contributed by atoms with Crippen LogP contribution < -0.4 is 4.72 Å². The molecule has 1 N–H and O–H groups in total. The monoisotopic (exact) mass is 510 g/mol. The minimum Gasteiger partial charge on any atom is -0.380 e. The number of fused-ring (bicyclic) bond motifs is 1. The molecule has 3 aromatic rings. The summed E-state index contributed by atoms with van der Waals surface area (Å²) >= 11 is 0. The second-order valence-electron chi connectivity index (χ2n) is 9.99. The summed E-state index contributed by atoms with van der Waals surface area (Å²) in [5, 5.41) is 0.0529. The van der Waals surface area contributed by atoms with Gasteiger partial charge in [-0.3, -0.25) is 0 Å². The molecule has 1 saturated carbocycles. The van der Waals surface area contributed by atoms with Crippen LogP contribution in [0.2, 0.25) is 0 Å². The molecule has 10 heteroatoms. The smallest absolute Gasteiger partial charge is 0.380 e. The molecule has 1 saturated heterocycles. The van der Waals surface area contributed by atoms with E-state index in [0.29, 0.717) is 49.1 Å². The Balaban J connectivity index is 1.65. The molecule has 1 atom stereocenters. The molecule has 35 heavy (non-hydrogen) atoms. The van der Waals surface area contributed by atoms with Crippen LogP contribution in [0.4, 0.5) is 17.6 Å². The Hall–Kier alpha value is -2.43. The minimum atomic E-state index is -4.64. The molecule has 2 aromatic carbocycles. The number of rotatable bonds is 7. The van der Waals surface area contributed by atoms with E-state index in [1.54, 1.807) is 13.1 Å². The Morgan fingerprint density at radius 3 is 2.46 bits per heavy atom. The van der Waals surface area contributed by atoms with Gasteiger partial charge in [0.1, 0.15) is 5.82 Å². The van der Waals surface area contributed by atoms with E-state index in [4.69, 9.17) is 4.74 Å². The number of benzene rings is 2. The predicted molar refractivity (Wildman–Crippen MR) is 125 cm³/mol. The molecular formula is C25H26F4N2O3S. The number of sulfonamides is 1. The van der Waals surface area contributed by atoms with E-state index in [1.807, 2.05) is 11.5 Å². The summed E-state index contributed by atoms with van der Waals surface area (Å²) in [5.41, 5.74) is -0.381. The molecule has 0 radical (unpaired) electrons. The zero-order valence-electron chi connectivity index (χ0n) is 19.3. The summed E-state index contributed by atoms with van der Waals surface area (Å²) in [4.78, 5) is 0. The molecule has 5 rings (SSSR count). The lowest BCUT2D eigenvalue weighted by molar-refractivity contribution is -0.137. The first kappa shape index (κ1) is 24.3. The van der Waals surface area contributed by atoms with E-state index in [0.717, 1.165) is 6.07 Å². The molecule has 2 fully saturated rings. The fourth-order valence-electron chi connectivity index (χ4n) is 4.72. The van der Waals surface area contributed by atoms with Crippen LogP contribution in [0.15, 0.2) is 42.6 Å². The van der Waals surface area contributed by atoms with Crippen LogP contribution in [-0.4, -0.2) is 31.4 Å². The summed E-state index contributed by atoms with van der Waals surface area (Å²) in [5.74, 6) is -0.802. The molecule has 0 unspecified atom stereocenters. The summed E-state index contributed by atoms with van der Waals surface area (Å²) in [6.45, 7) is 5.27. The molecule has 188 valence electrons. The second-order valence-corrected chi connectivity index (χ2v) is 12.0. The van der Waals surface area contributed by atoms with Crippen LogP contribution in [-0.2, 0) is 27.5 Å². The number of nitrogens with zero attached hydrogens (tertiary/aromatic N) is 1.